The molecule has 0 radical (unpaired) electrons. The topological polar surface area (TPSA) is 37.4 Å². The molecular formula is C15H22FNO2S. The van der Waals surface area contributed by atoms with E-state index >= 15 is 0 Å². The van der Waals surface area contributed by atoms with Gasteiger partial charge in [-0.05, 0) is 50.9 Å². The lowest BCUT2D eigenvalue weighted by Crippen LogP contribution is -2.39. The molecule has 0 N–H and O–H groups in total. The van der Waals surface area contributed by atoms with Crippen molar-refractivity contribution in [2.75, 3.05) is 18.6 Å². The Labute approximate surface area is 120 Å². The molecule has 0 spiro atoms. The zero-order chi connectivity index (χ0) is 14.8. The molecule has 112 valence electrons. The highest BCUT2D eigenvalue weighted by Crippen LogP contribution is 2.20. The molecule has 2 atom stereocenters. The van der Waals surface area contributed by atoms with Crippen LogP contribution in [0.15, 0.2) is 24.3 Å². The normalized spacial score (nSPS) is 23.1. The number of sulfone groups is 1. The van der Waals surface area contributed by atoms with E-state index in [2.05, 4.69) is 11.8 Å². The predicted octanol–water partition coefficient (Wildman–Crippen LogP) is 2.27. The first-order valence-electron chi connectivity index (χ1n) is 7.04. The second-order valence-corrected chi connectivity index (χ2v) is 7.97. The Morgan fingerprint density at radius 1 is 1.45 bits per heavy atom. The average Bonchev–Trinajstić information content (AvgIpc) is 2.75. The van der Waals surface area contributed by atoms with Gasteiger partial charge in [0.25, 0.3) is 0 Å². The van der Waals surface area contributed by atoms with E-state index in [1.54, 1.807) is 12.1 Å². The Kier molecular flexibility index (Phi) is 4.81. The highest BCUT2D eigenvalue weighted by Gasteiger charge is 2.32. The van der Waals surface area contributed by atoms with Crippen LogP contribution in [-0.2, 0) is 16.3 Å². The lowest BCUT2D eigenvalue weighted by atomic mass is 10.0. The van der Waals surface area contributed by atoms with Crippen LogP contribution in [0, 0.1) is 5.82 Å². The molecule has 0 unspecified atom stereocenters. The van der Waals surface area contributed by atoms with E-state index in [0.29, 0.717) is 5.75 Å². The predicted molar refractivity (Wildman–Crippen MR) is 79.0 cm³/mol. The Morgan fingerprint density at radius 2 is 2.20 bits per heavy atom. The van der Waals surface area contributed by atoms with Crippen molar-refractivity contribution in [3.8, 4) is 0 Å². The summed E-state index contributed by atoms with van der Waals surface area (Å²) in [6, 6.07) is 7.08. The molecule has 5 heteroatoms. The first-order valence-corrected chi connectivity index (χ1v) is 8.86. The summed E-state index contributed by atoms with van der Waals surface area (Å²) in [7, 11) is -0.850. The van der Waals surface area contributed by atoms with Crippen LogP contribution in [0.4, 0.5) is 4.39 Å². The standard InChI is InChI=1S/C15H22FNO2S/c1-12(6-7-13-4-3-5-14(16)10-13)17(2)15-8-9-20(18,19)11-15/h3-5,10,12,15H,6-9,11H2,1-2H3/t12-,15-/m0/s1. The molecule has 1 aromatic carbocycles. The summed E-state index contributed by atoms with van der Waals surface area (Å²) in [5, 5.41) is 0. The Balaban J connectivity index is 1.87. The molecule has 0 aliphatic carbocycles. The molecule has 1 aromatic rings. The van der Waals surface area contributed by atoms with Crippen molar-refractivity contribution in [1.82, 2.24) is 4.90 Å². The second-order valence-electron chi connectivity index (χ2n) is 5.74. The zero-order valence-electron chi connectivity index (χ0n) is 12.0. The molecular weight excluding hydrogens is 277 g/mol. The van der Waals surface area contributed by atoms with Crippen LogP contribution in [0.1, 0.15) is 25.3 Å². The van der Waals surface area contributed by atoms with E-state index in [0.717, 1.165) is 24.8 Å². The van der Waals surface area contributed by atoms with Crippen LogP contribution < -0.4 is 0 Å². The van der Waals surface area contributed by atoms with E-state index in [4.69, 9.17) is 0 Å². The average molecular weight is 299 g/mol. The van der Waals surface area contributed by atoms with Crippen LogP contribution in [0.5, 0.6) is 0 Å². The number of hydrogen-bond donors (Lipinski definition) is 0. The number of hydrogen-bond acceptors (Lipinski definition) is 3. The first kappa shape index (κ1) is 15.4. The van der Waals surface area contributed by atoms with Crippen LogP contribution in [0.25, 0.3) is 0 Å². The van der Waals surface area contributed by atoms with Crippen molar-refractivity contribution in [3.05, 3.63) is 35.6 Å². The summed E-state index contributed by atoms with van der Waals surface area (Å²) in [6.45, 7) is 2.10. The lowest BCUT2D eigenvalue weighted by molar-refractivity contribution is 0.191. The van der Waals surface area contributed by atoms with E-state index < -0.39 is 9.84 Å². The monoisotopic (exact) mass is 299 g/mol. The summed E-state index contributed by atoms with van der Waals surface area (Å²) in [4.78, 5) is 2.16. The number of nitrogens with zero attached hydrogens (tertiary/aromatic N) is 1. The van der Waals surface area contributed by atoms with Gasteiger partial charge in [0, 0.05) is 12.1 Å². The van der Waals surface area contributed by atoms with Crippen molar-refractivity contribution >= 4 is 9.84 Å². The third-order valence-electron chi connectivity index (χ3n) is 4.22. The minimum atomic E-state index is -2.84. The van der Waals surface area contributed by atoms with E-state index in [1.807, 2.05) is 13.1 Å². The van der Waals surface area contributed by atoms with Crippen molar-refractivity contribution in [2.24, 2.45) is 0 Å². The van der Waals surface area contributed by atoms with E-state index in [1.165, 1.54) is 6.07 Å². The maximum absolute atomic E-state index is 13.1. The van der Waals surface area contributed by atoms with Gasteiger partial charge in [0.05, 0.1) is 11.5 Å². The molecule has 2 rings (SSSR count). The SMILES string of the molecule is C[C@@H](CCc1cccc(F)c1)N(C)[C@H]1CCS(=O)(=O)C1. The highest BCUT2D eigenvalue weighted by molar-refractivity contribution is 7.91. The van der Waals surface area contributed by atoms with Gasteiger partial charge >= 0.3 is 0 Å². The smallest absolute Gasteiger partial charge is 0.151 e. The van der Waals surface area contributed by atoms with Crippen molar-refractivity contribution in [3.63, 3.8) is 0 Å². The minimum Gasteiger partial charge on any atom is -0.300 e. The molecule has 0 bridgehead atoms. The highest BCUT2D eigenvalue weighted by atomic mass is 32.2. The zero-order valence-corrected chi connectivity index (χ0v) is 12.9. The molecule has 1 aliphatic rings. The van der Waals surface area contributed by atoms with Gasteiger partial charge in [-0.2, -0.15) is 0 Å². The summed E-state index contributed by atoms with van der Waals surface area (Å²) in [6.07, 6.45) is 2.43. The fourth-order valence-electron chi connectivity index (χ4n) is 2.73. The number of aryl methyl sites for hydroxylation is 1. The van der Waals surface area contributed by atoms with Crippen molar-refractivity contribution < 1.29 is 12.8 Å². The molecule has 1 heterocycles. The van der Waals surface area contributed by atoms with Gasteiger partial charge in [0.2, 0.25) is 0 Å². The summed E-state index contributed by atoms with van der Waals surface area (Å²) in [5.74, 6) is 0.372. The van der Waals surface area contributed by atoms with Gasteiger partial charge in [0.15, 0.2) is 9.84 Å². The quantitative estimate of drug-likeness (QED) is 0.837. The molecule has 0 aromatic heterocycles. The van der Waals surface area contributed by atoms with Crippen molar-refractivity contribution in [2.45, 2.75) is 38.3 Å². The summed E-state index contributed by atoms with van der Waals surface area (Å²) >= 11 is 0. The van der Waals surface area contributed by atoms with Gasteiger partial charge in [-0.1, -0.05) is 12.1 Å². The van der Waals surface area contributed by atoms with Crippen LogP contribution in [-0.4, -0.2) is 44.0 Å². The van der Waals surface area contributed by atoms with Gasteiger partial charge in [-0.25, -0.2) is 12.8 Å². The first-order chi connectivity index (χ1) is 9.37. The minimum absolute atomic E-state index is 0.127. The third kappa shape index (κ3) is 4.03. The molecule has 1 fully saturated rings. The summed E-state index contributed by atoms with van der Waals surface area (Å²) < 4.78 is 36.1. The van der Waals surface area contributed by atoms with Gasteiger partial charge in [-0.15, -0.1) is 0 Å². The van der Waals surface area contributed by atoms with Crippen LogP contribution in [0.3, 0.4) is 0 Å². The molecule has 1 aliphatic heterocycles. The second kappa shape index (κ2) is 6.22. The van der Waals surface area contributed by atoms with Gasteiger partial charge in [-0.3, -0.25) is 4.90 Å². The Morgan fingerprint density at radius 3 is 2.80 bits per heavy atom. The number of rotatable bonds is 5. The third-order valence-corrected chi connectivity index (χ3v) is 5.97. The molecule has 0 saturated carbocycles. The Bertz CT molecular complexity index is 559. The fraction of sp³-hybridized carbons (Fsp3) is 0.600. The number of benzene rings is 1. The van der Waals surface area contributed by atoms with E-state index in [9.17, 15) is 12.8 Å². The summed E-state index contributed by atoms with van der Waals surface area (Å²) in [5.41, 5.74) is 0.990. The molecule has 3 nitrogen and oxygen atoms in total. The number of halogens is 1. The van der Waals surface area contributed by atoms with Gasteiger partial charge < -0.3 is 0 Å². The maximum Gasteiger partial charge on any atom is 0.151 e. The fourth-order valence-corrected chi connectivity index (χ4v) is 4.51. The molecule has 0 amide bonds. The molecule has 20 heavy (non-hydrogen) atoms. The lowest BCUT2D eigenvalue weighted by Gasteiger charge is -2.29. The van der Waals surface area contributed by atoms with Crippen LogP contribution in [0.2, 0.25) is 0 Å². The maximum atomic E-state index is 13.1. The van der Waals surface area contributed by atoms with E-state index in [-0.39, 0.29) is 23.7 Å². The van der Waals surface area contributed by atoms with Gasteiger partial charge in [0.1, 0.15) is 5.82 Å². The van der Waals surface area contributed by atoms with Crippen LogP contribution >= 0.6 is 0 Å². The Hall–Kier alpha value is -0.940. The molecule has 1 saturated heterocycles. The van der Waals surface area contributed by atoms with Crippen molar-refractivity contribution in [1.29, 1.82) is 0 Å². The largest absolute Gasteiger partial charge is 0.300 e.